The zero-order valence-electron chi connectivity index (χ0n) is 6.84. The summed E-state index contributed by atoms with van der Waals surface area (Å²) in [5.74, 6) is -0.00694. The molecule has 0 aliphatic rings. The Morgan fingerprint density at radius 3 is 1.79 bits per heavy atom. The van der Waals surface area contributed by atoms with Crippen LogP contribution >= 0.6 is 0 Å². The molecule has 0 aliphatic carbocycles. The summed E-state index contributed by atoms with van der Waals surface area (Å²) in [7, 11) is 0. The van der Waals surface area contributed by atoms with Crippen molar-refractivity contribution < 1.29 is 29.3 Å². The molecule has 0 unspecified atom stereocenters. The van der Waals surface area contributed by atoms with Crippen molar-refractivity contribution in [3.8, 4) is 11.5 Å². The van der Waals surface area contributed by atoms with Crippen molar-refractivity contribution in [2.24, 2.45) is 0 Å². The fourth-order valence-corrected chi connectivity index (χ4v) is 0.803. The number of ether oxygens (including phenoxy) is 2. The standard InChI is InChI=1S/C8H6O6/c9-7(10)13-5-2-1-3-6(4-5)14-8(11)12/h1-4H,(H,9,10)(H,11,12). The van der Waals surface area contributed by atoms with E-state index in [2.05, 4.69) is 9.47 Å². The molecule has 74 valence electrons. The molecule has 1 aromatic rings. The van der Waals surface area contributed by atoms with Gasteiger partial charge in [-0.25, -0.2) is 9.59 Å². The lowest BCUT2D eigenvalue weighted by Crippen LogP contribution is -2.05. The molecule has 6 nitrogen and oxygen atoms in total. The maximum Gasteiger partial charge on any atom is 0.511 e. The average molecular weight is 198 g/mol. The van der Waals surface area contributed by atoms with Crippen molar-refractivity contribution in [2.75, 3.05) is 0 Å². The van der Waals surface area contributed by atoms with Crippen molar-refractivity contribution in [1.29, 1.82) is 0 Å². The summed E-state index contributed by atoms with van der Waals surface area (Å²) in [5, 5.41) is 16.5. The molecule has 0 radical (unpaired) electrons. The van der Waals surface area contributed by atoms with Gasteiger partial charge < -0.3 is 19.7 Å². The predicted molar refractivity (Wildman–Crippen MR) is 43.7 cm³/mol. The molecular formula is C8H6O6. The lowest BCUT2D eigenvalue weighted by molar-refractivity contribution is 0.143. The van der Waals surface area contributed by atoms with Crippen LogP contribution in [0.3, 0.4) is 0 Å². The maximum atomic E-state index is 10.1. The molecule has 1 aromatic carbocycles. The van der Waals surface area contributed by atoms with Gasteiger partial charge in [0.2, 0.25) is 0 Å². The number of carbonyl (C=O) groups is 2. The van der Waals surface area contributed by atoms with Crippen LogP contribution < -0.4 is 9.47 Å². The van der Waals surface area contributed by atoms with E-state index >= 15 is 0 Å². The van der Waals surface area contributed by atoms with Crippen LogP contribution in [0.2, 0.25) is 0 Å². The van der Waals surface area contributed by atoms with Crippen molar-refractivity contribution in [1.82, 2.24) is 0 Å². The Balaban J connectivity index is 2.78. The van der Waals surface area contributed by atoms with Gasteiger partial charge in [-0.05, 0) is 12.1 Å². The van der Waals surface area contributed by atoms with Gasteiger partial charge in [-0.15, -0.1) is 0 Å². The summed E-state index contributed by atoms with van der Waals surface area (Å²) >= 11 is 0. The predicted octanol–water partition coefficient (Wildman–Crippen LogP) is 1.80. The summed E-state index contributed by atoms with van der Waals surface area (Å²) in [6, 6.07) is 5.30. The Hall–Kier alpha value is -2.24. The number of rotatable bonds is 2. The SMILES string of the molecule is O=C(O)Oc1cccc(OC(=O)O)c1. The lowest BCUT2D eigenvalue weighted by Gasteiger charge is -2.02. The molecule has 1 rings (SSSR count). The van der Waals surface area contributed by atoms with E-state index in [1.807, 2.05) is 0 Å². The molecule has 0 bridgehead atoms. The fourth-order valence-electron chi connectivity index (χ4n) is 0.803. The molecule has 0 amide bonds. The molecular weight excluding hydrogens is 192 g/mol. The molecule has 0 saturated heterocycles. The minimum atomic E-state index is -1.47. The van der Waals surface area contributed by atoms with Gasteiger partial charge in [0.05, 0.1) is 0 Å². The third kappa shape index (κ3) is 3.02. The zero-order valence-corrected chi connectivity index (χ0v) is 6.84. The van der Waals surface area contributed by atoms with E-state index < -0.39 is 12.3 Å². The van der Waals surface area contributed by atoms with Gasteiger partial charge in [-0.3, -0.25) is 0 Å². The third-order valence-electron chi connectivity index (χ3n) is 1.22. The van der Waals surface area contributed by atoms with Crippen molar-refractivity contribution >= 4 is 12.3 Å². The summed E-state index contributed by atoms with van der Waals surface area (Å²) in [6.07, 6.45) is -2.95. The van der Waals surface area contributed by atoms with Crippen LogP contribution in [0.15, 0.2) is 24.3 Å². The highest BCUT2D eigenvalue weighted by molar-refractivity contribution is 5.63. The van der Waals surface area contributed by atoms with E-state index in [1.54, 1.807) is 0 Å². The summed E-state index contributed by atoms with van der Waals surface area (Å²) in [6.45, 7) is 0. The van der Waals surface area contributed by atoms with Crippen LogP contribution in [0.1, 0.15) is 0 Å². The molecule has 0 saturated carbocycles. The first-order valence-electron chi connectivity index (χ1n) is 3.49. The first-order valence-corrected chi connectivity index (χ1v) is 3.49. The second-order valence-electron chi connectivity index (χ2n) is 2.21. The minimum Gasteiger partial charge on any atom is -0.449 e. The second-order valence-corrected chi connectivity index (χ2v) is 2.21. The van der Waals surface area contributed by atoms with Crippen LogP contribution in [0.25, 0.3) is 0 Å². The average Bonchev–Trinajstić information content (AvgIpc) is 2.01. The topological polar surface area (TPSA) is 93.1 Å². The van der Waals surface area contributed by atoms with E-state index in [0.29, 0.717) is 0 Å². The highest BCUT2D eigenvalue weighted by Gasteiger charge is 2.04. The number of hydrogen-bond donors (Lipinski definition) is 2. The van der Waals surface area contributed by atoms with E-state index in [9.17, 15) is 9.59 Å². The Kier molecular flexibility index (Phi) is 2.90. The molecule has 0 aliphatic heterocycles. The Morgan fingerprint density at radius 1 is 1.00 bits per heavy atom. The summed E-state index contributed by atoms with van der Waals surface area (Å²) in [5.41, 5.74) is 0. The van der Waals surface area contributed by atoms with Gasteiger partial charge in [0.15, 0.2) is 0 Å². The number of hydrogen-bond acceptors (Lipinski definition) is 4. The zero-order chi connectivity index (χ0) is 10.6. The number of carboxylic acid groups (broad SMARTS) is 2. The van der Waals surface area contributed by atoms with Crippen molar-refractivity contribution in [3.63, 3.8) is 0 Å². The van der Waals surface area contributed by atoms with Gasteiger partial charge in [0.1, 0.15) is 11.5 Å². The Morgan fingerprint density at radius 2 is 1.43 bits per heavy atom. The van der Waals surface area contributed by atoms with Gasteiger partial charge in [0.25, 0.3) is 0 Å². The van der Waals surface area contributed by atoms with E-state index in [1.165, 1.54) is 18.2 Å². The third-order valence-corrected chi connectivity index (χ3v) is 1.22. The first kappa shape index (κ1) is 9.85. The van der Waals surface area contributed by atoms with Gasteiger partial charge >= 0.3 is 12.3 Å². The van der Waals surface area contributed by atoms with Crippen LogP contribution in [-0.4, -0.2) is 22.5 Å². The second kappa shape index (κ2) is 4.13. The molecule has 0 spiro atoms. The van der Waals surface area contributed by atoms with E-state index in [-0.39, 0.29) is 11.5 Å². The monoisotopic (exact) mass is 198 g/mol. The van der Waals surface area contributed by atoms with Gasteiger partial charge in [-0.2, -0.15) is 0 Å². The minimum absolute atomic E-state index is 0.00347. The Labute approximate surface area is 78.3 Å². The maximum absolute atomic E-state index is 10.1. The van der Waals surface area contributed by atoms with Crippen LogP contribution in [0.5, 0.6) is 11.5 Å². The quantitative estimate of drug-likeness (QED) is 0.555. The molecule has 2 N–H and O–H groups in total. The molecule has 0 atom stereocenters. The van der Waals surface area contributed by atoms with Gasteiger partial charge in [-0.1, -0.05) is 6.07 Å². The van der Waals surface area contributed by atoms with Crippen LogP contribution in [0, 0.1) is 0 Å². The fraction of sp³-hybridized carbons (Fsp3) is 0. The van der Waals surface area contributed by atoms with Crippen molar-refractivity contribution in [3.05, 3.63) is 24.3 Å². The highest BCUT2D eigenvalue weighted by atomic mass is 16.7. The molecule has 0 fully saturated rings. The normalized spacial score (nSPS) is 9.14. The van der Waals surface area contributed by atoms with Crippen LogP contribution in [-0.2, 0) is 0 Å². The lowest BCUT2D eigenvalue weighted by atomic mass is 10.3. The first-order chi connectivity index (χ1) is 6.58. The Bertz CT molecular complexity index is 327. The van der Waals surface area contributed by atoms with E-state index in [0.717, 1.165) is 6.07 Å². The molecule has 14 heavy (non-hydrogen) atoms. The van der Waals surface area contributed by atoms with Gasteiger partial charge in [0, 0.05) is 6.07 Å². The van der Waals surface area contributed by atoms with Crippen molar-refractivity contribution in [2.45, 2.75) is 0 Å². The number of benzene rings is 1. The molecule has 6 heteroatoms. The smallest absolute Gasteiger partial charge is 0.449 e. The largest absolute Gasteiger partial charge is 0.511 e. The summed E-state index contributed by atoms with van der Waals surface area (Å²) in [4.78, 5) is 20.2. The highest BCUT2D eigenvalue weighted by Crippen LogP contribution is 2.19. The summed E-state index contributed by atoms with van der Waals surface area (Å²) < 4.78 is 8.56. The molecule has 0 aromatic heterocycles. The van der Waals surface area contributed by atoms with E-state index in [4.69, 9.17) is 10.2 Å². The van der Waals surface area contributed by atoms with Crippen LogP contribution in [0.4, 0.5) is 9.59 Å². The molecule has 0 heterocycles.